The van der Waals surface area contributed by atoms with Gasteiger partial charge in [0.05, 0.1) is 17.6 Å². The molecule has 0 saturated carbocycles. The van der Waals surface area contributed by atoms with E-state index in [4.69, 9.17) is 21.1 Å². The molecule has 2 N–H and O–H groups in total. The van der Waals surface area contributed by atoms with Crippen LogP contribution in [0.2, 0.25) is 5.02 Å². The van der Waals surface area contributed by atoms with E-state index in [0.29, 0.717) is 41.3 Å². The molecule has 32 heavy (non-hydrogen) atoms. The predicted octanol–water partition coefficient (Wildman–Crippen LogP) is 3.55. The Labute approximate surface area is 194 Å². The van der Waals surface area contributed by atoms with E-state index < -0.39 is 5.91 Å². The van der Waals surface area contributed by atoms with Crippen LogP contribution in [0.15, 0.2) is 53.8 Å². The molecule has 1 aliphatic rings. The SMILES string of the molecule is CCn1c(-c2ccc3c(c2)OCCO3)cnc1SCC(=O)NNC(=O)c1ccc(Cl)cc1. The molecule has 1 aromatic heterocycles. The van der Waals surface area contributed by atoms with Crippen molar-refractivity contribution in [2.45, 2.75) is 18.6 Å². The number of nitrogens with zero attached hydrogens (tertiary/aromatic N) is 2. The number of nitrogens with one attached hydrogen (secondary N) is 2. The van der Waals surface area contributed by atoms with Crippen molar-refractivity contribution in [3.63, 3.8) is 0 Å². The molecule has 0 aliphatic carbocycles. The van der Waals surface area contributed by atoms with Gasteiger partial charge in [-0.05, 0) is 49.4 Å². The second kappa shape index (κ2) is 9.97. The van der Waals surface area contributed by atoms with Crippen molar-refractivity contribution in [3.8, 4) is 22.8 Å². The van der Waals surface area contributed by atoms with E-state index >= 15 is 0 Å². The van der Waals surface area contributed by atoms with E-state index in [1.54, 1.807) is 30.5 Å². The van der Waals surface area contributed by atoms with Crippen molar-refractivity contribution >= 4 is 35.2 Å². The Balaban J connectivity index is 1.36. The van der Waals surface area contributed by atoms with E-state index in [1.165, 1.54) is 11.8 Å². The summed E-state index contributed by atoms with van der Waals surface area (Å²) in [5, 5.41) is 1.24. The maximum atomic E-state index is 12.2. The Kier molecular flexibility index (Phi) is 6.87. The van der Waals surface area contributed by atoms with Gasteiger partial charge >= 0.3 is 0 Å². The van der Waals surface area contributed by atoms with Crippen LogP contribution in [0.5, 0.6) is 11.5 Å². The summed E-state index contributed by atoms with van der Waals surface area (Å²) >= 11 is 7.10. The van der Waals surface area contributed by atoms with Crippen LogP contribution in [0.4, 0.5) is 0 Å². The molecule has 0 fully saturated rings. The number of halogens is 1. The quantitative estimate of drug-likeness (QED) is 0.421. The molecule has 166 valence electrons. The predicted molar refractivity (Wildman–Crippen MR) is 122 cm³/mol. The monoisotopic (exact) mass is 472 g/mol. The summed E-state index contributed by atoms with van der Waals surface area (Å²) in [5.74, 6) is 0.773. The molecule has 0 unspecified atom stereocenters. The first kappa shape index (κ1) is 22.0. The van der Waals surface area contributed by atoms with Gasteiger partial charge in [0.25, 0.3) is 5.91 Å². The smallest absolute Gasteiger partial charge is 0.269 e. The number of hydrogen-bond acceptors (Lipinski definition) is 6. The molecule has 0 atom stereocenters. The molecular formula is C22H21ClN4O4S. The van der Waals surface area contributed by atoms with Crippen LogP contribution in [-0.2, 0) is 11.3 Å². The third kappa shape index (κ3) is 5.00. The topological polar surface area (TPSA) is 94.5 Å². The van der Waals surface area contributed by atoms with Gasteiger partial charge < -0.3 is 14.0 Å². The van der Waals surface area contributed by atoms with Crippen LogP contribution in [0.1, 0.15) is 17.3 Å². The highest BCUT2D eigenvalue weighted by atomic mass is 35.5. The number of hydrogen-bond donors (Lipinski definition) is 2. The Morgan fingerprint density at radius 2 is 1.84 bits per heavy atom. The fourth-order valence-electron chi connectivity index (χ4n) is 3.18. The summed E-state index contributed by atoms with van der Waals surface area (Å²) in [7, 11) is 0. The third-order valence-electron chi connectivity index (χ3n) is 4.73. The standard InChI is InChI=1S/C22H21ClN4O4S/c1-2-27-17(15-5-8-18-19(11-15)31-10-9-30-18)12-24-22(27)32-13-20(28)25-26-21(29)14-3-6-16(23)7-4-14/h3-8,11-12H,2,9-10,13H2,1H3,(H,25,28)(H,26,29). The number of hydrazine groups is 1. The number of thioether (sulfide) groups is 1. The molecule has 10 heteroatoms. The van der Waals surface area contributed by atoms with Gasteiger partial charge in [0, 0.05) is 22.7 Å². The summed E-state index contributed by atoms with van der Waals surface area (Å²) in [4.78, 5) is 28.8. The highest BCUT2D eigenvalue weighted by Gasteiger charge is 2.17. The average Bonchev–Trinajstić information content (AvgIpc) is 3.24. The number of imidazole rings is 1. The molecule has 2 heterocycles. The molecule has 2 aromatic carbocycles. The molecule has 0 spiro atoms. The van der Waals surface area contributed by atoms with Gasteiger partial charge in [0.1, 0.15) is 13.2 Å². The Hall–Kier alpha value is -3.17. The van der Waals surface area contributed by atoms with Gasteiger partial charge in [-0.25, -0.2) is 4.98 Å². The number of rotatable bonds is 6. The van der Waals surface area contributed by atoms with Crippen LogP contribution < -0.4 is 20.3 Å². The van der Waals surface area contributed by atoms with Crippen LogP contribution in [0.25, 0.3) is 11.3 Å². The lowest BCUT2D eigenvalue weighted by atomic mass is 10.1. The van der Waals surface area contributed by atoms with Crippen LogP contribution in [-0.4, -0.2) is 40.3 Å². The van der Waals surface area contributed by atoms with E-state index in [0.717, 1.165) is 17.0 Å². The highest BCUT2D eigenvalue weighted by molar-refractivity contribution is 7.99. The van der Waals surface area contributed by atoms with Crippen molar-refractivity contribution in [1.29, 1.82) is 0 Å². The van der Waals surface area contributed by atoms with Crippen LogP contribution in [0.3, 0.4) is 0 Å². The Bertz CT molecular complexity index is 1130. The lowest BCUT2D eigenvalue weighted by molar-refractivity contribution is -0.119. The number of ether oxygens (including phenoxy) is 2. The Morgan fingerprint density at radius 1 is 1.09 bits per heavy atom. The maximum absolute atomic E-state index is 12.2. The van der Waals surface area contributed by atoms with E-state index in [9.17, 15) is 9.59 Å². The fourth-order valence-corrected chi connectivity index (χ4v) is 4.15. The number of carbonyl (C=O) groups excluding carboxylic acids is 2. The zero-order chi connectivity index (χ0) is 22.5. The first-order valence-electron chi connectivity index (χ1n) is 9.98. The number of fused-ring (bicyclic) bond motifs is 1. The summed E-state index contributed by atoms with van der Waals surface area (Å²) < 4.78 is 13.3. The summed E-state index contributed by atoms with van der Waals surface area (Å²) in [6.45, 7) is 3.76. The number of aromatic nitrogens is 2. The van der Waals surface area contributed by atoms with Crippen molar-refractivity contribution < 1.29 is 19.1 Å². The molecule has 4 rings (SSSR count). The summed E-state index contributed by atoms with van der Waals surface area (Å²) in [5.41, 5.74) is 7.08. The largest absolute Gasteiger partial charge is 0.486 e. The van der Waals surface area contributed by atoms with Gasteiger partial charge in [0.2, 0.25) is 5.91 Å². The molecule has 0 bridgehead atoms. The van der Waals surface area contributed by atoms with Crippen LogP contribution in [0, 0.1) is 0 Å². The fraction of sp³-hybridized carbons (Fsp3) is 0.227. The van der Waals surface area contributed by atoms with Crippen molar-refractivity contribution in [2.75, 3.05) is 19.0 Å². The van der Waals surface area contributed by atoms with Crippen LogP contribution >= 0.6 is 23.4 Å². The minimum atomic E-state index is -0.420. The first-order chi connectivity index (χ1) is 15.5. The normalized spacial score (nSPS) is 12.3. The number of benzene rings is 2. The zero-order valence-electron chi connectivity index (χ0n) is 17.3. The molecule has 1 aliphatic heterocycles. The number of carbonyl (C=O) groups is 2. The van der Waals surface area contributed by atoms with E-state index in [1.807, 2.05) is 29.7 Å². The van der Waals surface area contributed by atoms with Gasteiger partial charge in [-0.2, -0.15) is 0 Å². The molecule has 0 saturated heterocycles. The number of amides is 2. The van der Waals surface area contributed by atoms with Crippen molar-refractivity contribution in [1.82, 2.24) is 20.4 Å². The van der Waals surface area contributed by atoms with E-state index in [-0.39, 0.29) is 11.7 Å². The minimum absolute atomic E-state index is 0.0957. The Morgan fingerprint density at radius 3 is 2.59 bits per heavy atom. The second-order valence-corrected chi connectivity index (χ2v) is 8.21. The third-order valence-corrected chi connectivity index (χ3v) is 5.97. The molecule has 3 aromatic rings. The van der Waals surface area contributed by atoms with Gasteiger partial charge in [-0.1, -0.05) is 23.4 Å². The summed E-state index contributed by atoms with van der Waals surface area (Å²) in [6.07, 6.45) is 1.78. The molecule has 8 nitrogen and oxygen atoms in total. The summed E-state index contributed by atoms with van der Waals surface area (Å²) in [6, 6.07) is 12.2. The molecular weight excluding hydrogens is 452 g/mol. The average molecular weight is 473 g/mol. The first-order valence-corrected chi connectivity index (χ1v) is 11.3. The van der Waals surface area contributed by atoms with Crippen molar-refractivity contribution in [3.05, 3.63) is 59.2 Å². The van der Waals surface area contributed by atoms with Gasteiger partial charge in [-0.3, -0.25) is 20.4 Å². The maximum Gasteiger partial charge on any atom is 0.269 e. The van der Waals surface area contributed by atoms with Gasteiger partial charge in [0.15, 0.2) is 16.7 Å². The highest BCUT2D eigenvalue weighted by Crippen LogP contribution is 2.35. The molecule has 2 amide bonds. The van der Waals surface area contributed by atoms with Gasteiger partial charge in [-0.15, -0.1) is 0 Å². The second-order valence-electron chi connectivity index (χ2n) is 6.83. The molecule has 0 radical (unpaired) electrons. The zero-order valence-corrected chi connectivity index (χ0v) is 18.8. The minimum Gasteiger partial charge on any atom is -0.486 e. The van der Waals surface area contributed by atoms with Crippen molar-refractivity contribution in [2.24, 2.45) is 0 Å². The lowest BCUT2D eigenvalue weighted by Gasteiger charge is -2.19. The lowest BCUT2D eigenvalue weighted by Crippen LogP contribution is -2.42. The van der Waals surface area contributed by atoms with E-state index in [2.05, 4.69) is 15.8 Å².